The van der Waals surface area contributed by atoms with Crippen molar-refractivity contribution in [1.29, 1.82) is 0 Å². The first-order chi connectivity index (χ1) is 15.1. The maximum atomic E-state index is 12.5. The van der Waals surface area contributed by atoms with E-state index in [1.54, 1.807) is 24.3 Å². The van der Waals surface area contributed by atoms with Crippen molar-refractivity contribution in [2.24, 2.45) is 0 Å². The number of carbonyl (C=O) groups excluding carboxylic acids is 2. The molecule has 0 radical (unpaired) electrons. The van der Waals surface area contributed by atoms with Gasteiger partial charge >= 0.3 is 0 Å². The minimum Gasteiger partial charge on any atom is -0.486 e. The molecule has 0 spiro atoms. The lowest BCUT2D eigenvalue weighted by molar-refractivity contribution is 0.0937. The van der Waals surface area contributed by atoms with Crippen LogP contribution in [0.5, 0.6) is 5.75 Å². The summed E-state index contributed by atoms with van der Waals surface area (Å²) in [6.07, 6.45) is 4.42. The number of carbonyl (C=O) groups is 2. The Morgan fingerprint density at radius 1 is 1.06 bits per heavy atom. The molecule has 1 aromatic heterocycles. The summed E-state index contributed by atoms with van der Waals surface area (Å²) in [4.78, 5) is 24.8. The highest BCUT2D eigenvalue weighted by atomic mass is 32.1. The maximum Gasteiger partial charge on any atom is 0.286 e. The van der Waals surface area contributed by atoms with Gasteiger partial charge in [-0.15, -0.1) is 10.2 Å². The molecule has 0 saturated heterocycles. The Labute approximate surface area is 184 Å². The number of benzene rings is 2. The largest absolute Gasteiger partial charge is 0.486 e. The van der Waals surface area contributed by atoms with Crippen LogP contribution in [0, 0.1) is 6.92 Å². The Balaban J connectivity index is 1.30. The number of ether oxygens (including phenoxy) is 1. The van der Waals surface area contributed by atoms with E-state index < -0.39 is 0 Å². The summed E-state index contributed by atoms with van der Waals surface area (Å²) in [6, 6.07) is 14.8. The van der Waals surface area contributed by atoms with E-state index in [2.05, 4.69) is 20.8 Å². The number of nitrogens with zero attached hydrogens (tertiary/aromatic N) is 2. The van der Waals surface area contributed by atoms with E-state index in [0.717, 1.165) is 24.2 Å². The molecule has 1 heterocycles. The third-order valence-electron chi connectivity index (χ3n) is 5.11. The summed E-state index contributed by atoms with van der Waals surface area (Å²) < 4.78 is 5.71. The maximum absolute atomic E-state index is 12.5. The molecule has 0 unspecified atom stereocenters. The molecule has 1 fully saturated rings. The van der Waals surface area contributed by atoms with Gasteiger partial charge in [-0.2, -0.15) is 0 Å². The molecule has 2 N–H and O–H groups in total. The Hall–Kier alpha value is -3.26. The van der Waals surface area contributed by atoms with Crippen molar-refractivity contribution < 1.29 is 14.3 Å². The molecule has 7 nitrogen and oxygen atoms in total. The van der Waals surface area contributed by atoms with E-state index in [4.69, 9.17) is 4.74 Å². The Morgan fingerprint density at radius 2 is 1.84 bits per heavy atom. The molecule has 160 valence electrons. The summed E-state index contributed by atoms with van der Waals surface area (Å²) in [6.45, 7) is 2.24. The molecule has 1 saturated carbocycles. The predicted molar refractivity (Wildman–Crippen MR) is 120 cm³/mol. The fraction of sp³-hybridized carbons (Fsp3) is 0.304. The summed E-state index contributed by atoms with van der Waals surface area (Å²) in [7, 11) is 0. The van der Waals surface area contributed by atoms with Crippen molar-refractivity contribution in [3.63, 3.8) is 0 Å². The lowest BCUT2D eigenvalue weighted by Crippen LogP contribution is -2.32. The highest BCUT2D eigenvalue weighted by molar-refractivity contribution is 7.13. The SMILES string of the molecule is Cc1cccc(OCc2nnc(C(=O)Nc3ccc(C(=O)NC4CCCC4)cc3)s2)c1. The van der Waals surface area contributed by atoms with Crippen molar-refractivity contribution in [2.45, 2.75) is 45.3 Å². The van der Waals surface area contributed by atoms with Gasteiger partial charge in [-0.3, -0.25) is 9.59 Å². The van der Waals surface area contributed by atoms with Crippen molar-refractivity contribution in [3.8, 4) is 5.75 Å². The third-order valence-corrected chi connectivity index (χ3v) is 6.00. The Kier molecular flexibility index (Phi) is 6.57. The zero-order valence-electron chi connectivity index (χ0n) is 17.3. The van der Waals surface area contributed by atoms with Crippen LogP contribution in [0.2, 0.25) is 0 Å². The van der Waals surface area contributed by atoms with Crippen LogP contribution in [0.4, 0.5) is 5.69 Å². The van der Waals surface area contributed by atoms with Crippen molar-refractivity contribution >= 4 is 28.8 Å². The number of hydrogen-bond acceptors (Lipinski definition) is 6. The van der Waals surface area contributed by atoms with Crippen LogP contribution in [-0.2, 0) is 6.61 Å². The van der Waals surface area contributed by atoms with Gasteiger partial charge in [-0.25, -0.2) is 0 Å². The molecule has 1 aliphatic rings. The quantitative estimate of drug-likeness (QED) is 0.574. The first-order valence-corrected chi connectivity index (χ1v) is 11.1. The van der Waals surface area contributed by atoms with Gasteiger partial charge in [0.1, 0.15) is 12.4 Å². The number of nitrogens with one attached hydrogen (secondary N) is 2. The van der Waals surface area contributed by atoms with Crippen LogP contribution in [0.25, 0.3) is 0 Å². The fourth-order valence-corrected chi connectivity index (χ4v) is 4.13. The standard InChI is InChI=1S/C23H24N4O3S/c1-15-5-4-8-19(13-15)30-14-20-26-27-23(31-20)22(29)25-18-11-9-16(10-12-18)21(28)24-17-6-2-3-7-17/h4-5,8-13,17H,2-3,6-7,14H2,1H3,(H,24,28)(H,25,29). The second-order valence-corrected chi connectivity index (χ2v) is 8.65. The van der Waals surface area contributed by atoms with Crippen LogP contribution >= 0.6 is 11.3 Å². The van der Waals surface area contributed by atoms with Crippen molar-refractivity contribution in [1.82, 2.24) is 15.5 Å². The average Bonchev–Trinajstić information content (AvgIpc) is 3.45. The molecule has 2 aromatic carbocycles. The number of amides is 2. The number of aryl methyl sites for hydroxylation is 1. The molecule has 2 amide bonds. The van der Waals surface area contributed by atoms with Gasteiger partial charge in [0.2, 0.25) is 5.01 Å². The van der Waals surface area contributed by atoms with Crippen LogP contribution in [0.15, 0.2) is 48.5 Å². The number of aromatic nitrogens is 2. The summed E-state index contributed by atoms with van der Waals surface area (Å²) in [5.41, 5.74) is 2.28. The average molecular weight is 437 g/mol. The molecule has 0 aliphatic heterocycles. The zero-order valence-corrected chi connectivity index (χ0v) is 18.1. The second kappa shape index (κ2) is 9.70. The molecule has 8 heteroatoms. The van der Waals surface area contributed by atoms with Gasteiger partial charge in [-0.1, -0.05) is 36.3 Å². The van der Waals surface area contributed by atoms with Crippen LogP contribution in [0.3, 0.4) is 0 Å². The van der Waals surface area contributed by atoms with Gasteiger partial charge in [0.05, 0.1) is 0 Å². The molecule has 3 aromatic rings. The first kappa shape index (κ1) is 21.0. The Bertz CT molecular complexity index is 1060. The highest BCUT2D eigenvalue weighted by Gasteiger charge is 2.18. The number of anilines is 1. The molecule has 1 aliphatic carbocycles. The number of hydrogen-bond donors (Lipinski definition) is 2. The van der Waals surface area contributed by atoms with Gasteiger partial charge in [0.25, 0.3) is 11.8 Å². The lowest BCUT2D eigenvalue weighted by atomic mass is 10.1. The van der Waals surface area contributed by atoms with Crippen molar-refractivity contribution in [2.75, 3.05) is 5.32 Å². The second-order valence-electron chi connectivity index (χ2n) is 7.59. The molecule has 4 rings (SSSR count). The number of rotatable bonds is 7. The smallest absolute Gasteiger partial charge is 0.286 e. The fourth-order valence-electron chi connectivity index (χ4n) is 3.48. The van der Waals surface area contributed by atoms with E-state index >= 15 is 0 Å². The molecular formula is C23H24N4O3S. The predicted octanol–water partition coefficient (Wildman–Crippen LogP) is 4.35. The summed E-state index contributed by atoms with van der Waals surface area (Å²) >= 11 is 1.19. The molecule has 0 atom stereocenters. The monoisotopic (exact) mass is 436 g/mol. The molecule has 0 bridgehead atoms. The summed E-state index contributed by atoms with van der Waals surface area (Å²) in [5.74, 6) is 0.327. The van der Waals surface area contributed by atoms with Crippen LogP contribution in [0.1, 0.15) is 56.4 Å². The first-order valence-electron chi connectivity index (χ1n) is 10.3. The zero-order chi connectivity index (χ0) is 21.6. The van der Waals surface area contributed by atoms with Gasteiger partial charge in [0, 0.05) is 17.3 Å². The minimum absolute atomic E-state index is 0.0767. The van der Waals surface area contributed by atoms with E-state index in [9.17, 15) is 9.59 Å². The van der Waals surface area contributed by atoms with Gasteiger partial charge < -0.3 is 15.4 Å². The molecular weight excluding hydrogens is 412 g/mol. The van der Waals surface area contributed by atoms with E-state index in [0.29, 0.717) is 16.3 Å². The third kappa shape index (κ3) is 5.67. The van der Waals surface area contributed by atoms with Crippen LogP contribution < -0.4 is 15.4 Å². The minimum atomic E-state index is -0.345. The van der Waals surface area contributed by atoms with E-state index in [-0.39, 0.29) is 29.5 Å². The van der Waals surface area contributed by atoms with Gasteiger partial charge in [0.15, 0.2) is 5.01 Å². The molecule has 31 heavy (non-hydrogen) atoms. The van der Waals surface area contributed by atoms with Crippen LogP contribution in [-0.4, -0.2) is 28.1 Å². The van der Waals surface area contributed by atoms with Crippen molar-refractivity contribution in [3.05, 3.63) is 69.7 Å². The van der Waals surface area contributed by atoms with Gasteiger partial charge in [-0.05, 0) is 61.7 Å². The normalized spacial score (nSPS) is 13.7. The Morgan fingerprint density at radius 3 is 2.58 bits per heavy atom. The topological polar surface area (TPSA) is 93.2 Å². The summed E-state index contributed by atoms with van der Waals surface area (Å²) in [5, 5.41) is 14.7. The highest BCUT2D eigenvalue weighted by Crippen LogP contribution is 2.20. The van der Waals surface area contributed by atoms with E-state index in [1.165, 1.54) is 24.2 Å². The van der Waals surface area contributed by atoms with E-state index in [1.807, 2.05) is 31.2 Å². The lowest BCUT2D eigenvalue weighted by Gasteiger charge is -2.12.